The first-order valence-electron chi connectivity index (χ1n) is 6.30. The molecule has 2 aromatic rings. The Bertz CT molecular complexity index is 676. The second-order valence-corrected chi connectivity index (χ2v) is 5.91. The van der Waals surface area contributed by atoms with Crippen molar-refractivity contribution >= 4 is 31.0 Å². The third-order valence-electron chi connectivity index (χ3n) is 3.04. The molecule has 22 heavy (non-hydrogen) atoms. The largest absolute Gasteiger partial charge is 1.00 e. The monoisotopic (exact) mass is 328 g/mol. The predicted octanol–water partition coefficient (Wildman–Crippen LogP) is 1.08. The van der Waals surface area contributed by atoms with Crippen LogP contribution >= 0.6 is 20.2 Å². The molecule has 2 rings (SSSR count). The smallest absolute Gasteiger partial charge is 0.497 e. The fraction of sp³-hybridized carbons (Fsp3) is 0.188. The molecule has 6 heteroatoms. The summed E-state index contributed by atoms with van der Waals surface area (Å²) < 4.78 is 10.4. The van der Waals surface area contributed by atoms with Gasteiger partial charge in [0.1, 0.15) is 11.5 Å². The first-order chi connectivity index (χ1) is 10.1. The van der Waals surface area contributed by atoms with E-state index in [0.717, 1.165) is 16.6 Å². The second-order valence-electron chi connectivity index (χ2n) is 4.39. The van der Waals surface area contributed by atoms with Crippen LogP contribution in [0.1, 0.15) is 15.9 Å². The van der Waals surface area contributed by atoms with Crippen LogP contribution in [0.3, 0.4) is 0 Å². The van der Waals surface area contributed by atoms with Crippen LogP contribution in [0.25, 0.3) is 0 Å². The third-order valence-corrected chi connectivity index (χ3v) is 4.52. The number of aryl methyl sites for hydroxylation is 1. The number of carbonyl (C=O) groups excluding carboxylic acids is 1. The average Bonchev–Trinajstić information content (AvgIpc) is 2.48. The molecule has 2 aromatic carbocycles. The van der Waals surface area contributed by atoms with Gasteiger partial charge in [-0.2, -0.15) is 5.30 Å². The van der Waals surface area contributed by atoms with Crippen molar-refractivity contribution in [3.63, 3.8) is 0 Å². The van der Waals surface area contributed by atoms with Gasteiger partial charge < -0.3 is 22.8 Å². The molecule has 0 aliphatic rings. The summed E-state index contributed by atoms with van der Waals surface area (Å²) in [6.45, 7) is 1.95. The summed E-state index contributed by atoms with van der Waals surface area (Å²) in [5, 5.41) is 1.32. The molecule has 0 unspecified atom stereocenters. The van der Waals surface area contributed by atoms with Crippen molar-refractivity contribution in [2.75, 3.05) is 14.2 Å². The van der Waals surface area contributed by atoms with E-state index in [4.69, 9.17) is 21.1 Å². The van der Waals surface area contributed by atoms with Crippen molar-refractivity contribution in [3.8, 4) is 11.5 Å². The summed E-state index contributed by atoms with van der Waals surface area (Å²) in [5.41, 5.74) is 1.32. The Kier molecular flexibility index (Phi) is 7.46. The zero-order valence-corrected chi connectivity index (χ0v) is 14.7. The number of carbonyl (C=O) groups is 1. The van der Waals surface area contributed by atoms with Crippen molar-refractivity contribution in [1.82, 2.24) is 0 Å². The Labute approximate surface area is 149 Å². The quantitative estimate of drug-likeness (QED) is 0.609. The van der Waals surface area contributed by atoms with E-state index >= 15 is 0 Å². The van der Waals surface area contributed by atoms with Gasteiger partial charge in [0.2, 0.25) is 0 Å². The first kappa shape index (κ1) is 19.1. The third kappa shape index (κ3) is 4.28. The fourth-order valence-corrected chi connectivity index (χ4v) is 3.20. The SMILES string of the molecule is COc1ccc([P-]C(=O)c2c(Cl)cccc2OC)c(C)c1.[Li+]. The zero-order chi connectivity index (χ0) is 15.4. The molecule has 0 amide bonds. The molecule has 0 spiro atoms. The Morgan fingerprint density at radius 3 is 2.45 bits per heavy atom. The summed E-state index contributed by atoms with van der Waals surface area (Å²) in [4.78, 5) is 12.5. The molecule has 110 valence electrons. The minimum absolute atomic E-state index is 0. The van der Waals surface area contributed by atoms with E-state index in [0.29, 0.717) is 24.9 Å². The molecule has 0 heterocycles. The summed E-state index contributed by atoms with van der Waals surface area (Å²) in [7, 11) is 3.70. The van der Waals surface area contributed by atoms with Crippen LogP contribution < -0.4 is 33.6 Å². The topological polar surface area (TPSA) is 35.5 Å². The van der Waals surface area contributed by atoms with Crippen molar-refractivity contribution < 1.29 is 33.1 Å². The number of rotatable bonds is 5. The molecule has 0 radical (unpaired) electrons. The molecule has 3 nitrogen and oxygen atoms in total. The van der Waals surface area contributed by atoms with Crippen molar-refractivity contribution in [2.24, 2.45) is 0 Å². The van der Waals surface area contributed by atoms with Gasteiger partial charge in [-0.05, 0) is 31.2 Å². The summed E-state index contributed by atoms with van der Waals surface area (Å²) in [6, 6.07) is 10.8. The molecule has 0 saturated heterocycles. The number of benzene rings is 2. The van der Waals surface area contributed by atoms with Crippen molar-refractivity contribution in [3.05, 3.63) is 52.5 Å². The maximum absolute atomic E-state index is 12.5. The molecule has 0 bridgehead atoms. The molecule has 0 fully saturated rings. The van der Waals surface area contributed by atoms with Gasteiger partial charge in [-0.1, -0.05) is 29.3 Å². The molecule has 0 saturated carbocycles. The Morgan fingerprint density at radius 2 is 1.86 bits per heavy atom. The number of halogens is 1. The van der Waals surface area contributed by atoms with Crippen LogP contribution in [0.15, 0.2) is 36.4 Å². The van der Waals surface area contributed by atoms with Gasteiger partial charge in [-0.15, -0.1) is 0 Å². The van der Waals surface area contributed by atoms with Crippen molar-refractivity contribution in [2.45, 2.75) is 6.92 Å². The zero-order valence-electron chi connectivity index (χ0n) is 13.0. The number of ether oxygens (including phenoxy) is 2. The van der Waals surface area contributed by atoms with Gasteiger partial charge in [0.05, 0.1) is 19.2 Å². The first-order valence-corrected chi connectivity index (χ1v) is 7.57. The molecule has 0 N–H and O–H groups in total. The normalized spacial score (nSPS) is 10.4. The number of hydrogen-bond donors (Lipinski definition) is 0. The Balaban J connectivity index is 0.00000242. The Morgan fingerprint density at radius 1 is 1.14 bits per heavy atom. The van der Waals surface area contributed by atoms with Crippen LogP contribution in [0.5, 0.6) is 11.5 Å². The molecule has 0 atom stereocenters. The van der Waals surface area contributed by atoms with Crippen LogP contribution in [-0.4, -0.2) is 19.7 Å². The summed E-state index contributed by atoms with van der Waals surface area (Å²) >= 11 is 6.13. The summed E-state index contributed by atoms with van der Waals surface area (Å²) in [6.07, 6.45) is 0. The molecular weight excluding hydrogens is 314 g/mol. The summed E-state index contributed by atoms with van der Waals surface area (Å²) in [5.74, 6) is 1.26. The molecule has 0 aromatic heterocycles. The van der Waals surface area contributed by atoms with E-state index in [1.807, 2.05) is 25.1 Å². The van der Waals surface area contributed by atoms with E-state index in [9.17, 15) is 4.79 Å². The minimum atomic E-state index is -0.0919. The Hall–Kier alpha value is -0.973. The van der Waals surface area contributed by atoms with E-state index < -0.39 is 0 Å². The van der Waals surface area contributed by atoms with E-state index in [-0.39, 0.29) is 24.4 Å². The number of hydrogen-bond acceptors (Lipinski definition) is 3. The fourth-order valence-electron chi connectivity index (χ4n) is 1.93. The molecule has 0 aliphatic heterocycles. The minimum Gasteiger partial charge on any atom is -0.497 e. The van der Waals surface area contributed by atoms with Crippen LogP contribution in [-0.2, 0) is 0 Å². The maximum Gasteiger partial charge on any atom is 1.00 e. The van der Waals surface area contributed by atoms with Crippen molar-refractivity contribution in [1.29, 1.82) is 0 Å². The van der Waals surface area contributed by atoms with Gasteiger partial charge in [0.25, 0.3) is 0 Å². The molecule has 0 aliphatic carbocycles. The van der Waals surface area contributed by atoms with Crippen LogP contribution in [0.2, 0.25) is 5.02 Å². The maximum atomic E-state index is 12.5. The van der Waals surface area contributed by atoms with E-state index in [2.05, 4.69) is 0 Å². The standard InChI is InChI=1S/C16H15ClO3P.Li/c1-10-9-11(19-2)7-8-14(10)21-16(18)15-12(17)5-4-6-13(15)20-3;/h4-9H,1-3H3;/q-1;+1. The number of methoxy groups -OCH3 is 2. The second kappa shape index (κ2) is 8.61. The van der Waals surface area contributed by atoms with Crippen LogP contribution in [0.4, 0.5) is 0 Å². The van der Waals surface area contributed by atoms with Gasteiger partial charge in [-0.25, -0.2) is 0 Å². The van der Waals surface area contributed by atoms with E-state index in [1.165, 1.54) is 7.11 Å². The predicted molar refractivity (Wildman–Crippen MR) is 86.6 cm³/mol. The van der Waals surface area contributed by atoms with Gasteiger partial charge >= 0.3 is 18.9 Å². The van der Waals surface area contributed by atoms with Gasteiger partial charge in [-0.3, -0.25) is 0 Å². The van der Waals surface area contributed by atoms with Gasteiger partial charge in [0, 0.05) is 11.1 Å². The van der Waals surface area contributed by atoms with E-state index in [1.54, 1.807) is 25.3 Å². The average molecular weight is 329 g/mol. The molecular formula is C16H15ClLiO3P. The van der Waals surface area contributed by atoms with Gasteiger partial charge in [0.15, 0.2) is 0 Å². The van der Waals surface area contributed by atoms with Crippen LogP contribution in [0, 0.1) is 6.92 Å².